The summed E-state index contributed by atoms with van der Waals surface area (Å²) in [4.78, 5) is 40.3. The molecular formula is C30H27N3O6. The van der Waals surface area contributed by atoms with Crippen molar-refractivity contribution in [3.8, 4) is 0 Å². The number of aliphatic carboxylic acids is 1. The summed E-state index contributed by atoms with van der Waals surface area (Å²) in [6.45, 7) is 3.19. The van der Waals surface area contributed by atoms with E-state index in [9.17, 15) is 24.8 Å². The van der Waals surface area contributed by atoms with Gasteiger partial charge in [0.2, 0.25) is 0 Å². The number of dihydropyridines is 1. The molecule has 1 aliphatic rings. The quantitative estimate of drug-likeness (QED) is 0.223. The fraction of sp³-hybridized carbons (Fsp3) is 0.167. The minimum atomic E-state index is -1.24. The minimum Gasteiger partial charge on any atom is -0.478 e. The Balaban J connectivity index is 1.48. The van der Waals surface area contributed by atoms with Crippen LogP contribution >= 0.6 is 0 Å². The molecule has 0 saturated carbocycles. The average Bonchev–Trinajstić information content (AvgIpc) is 2.92. The van der Waals surface area contributed by atoms with Gasteiger partial charge in [0, 0.05) is 35.9 Å². The van der Waals surface area contributed by atoms with E-state index in [1.807, 2.05) is 48.7 Å². The smallest absolute Gasteiger partial charge is 0.337 e. The van der Waals surface area contributed by atoms with Crippen LogP contribution in [-0.2, 0) is 20.7 Å². The highest BCUT2D eigenvalue weighted by Crippen LogP contribution is 2.39. The zero-order valence-electron chi connectivity index (χ0n) is 21.5. The van der Waals surface area contributed by atoms with Crippen molar-refractivity contribution < 1.29 is 24.4 Å². The summed E-state index contributed by atoms with van der Waals surface area (Å²) in [6, 6.07) is 17.5. The van der Waals surface area contributed by atoms with Crippen molar-refractivity contribution in [2.24, 2.45) is 0 Å². The predicted octanol–water partition coefficient (Wildman–Crippen LogP) is 5.16. The minimum absolute atomic E-state index is 0.0419. The van der Waals surface area contributed by atoms with Crippen LogP contribution in [0.3, 0.4) is 0 Å². The third-order valence-electron chi connectivity index (χ3n) is 6.36. The second-order valence-electron chi connectivity index (χ2n) is 9.07. The van der Waals surface area contributed by atoms with Crippen molar-refractivity contribution in [1.82, 2.24) is 10.3 Å². The van der Waals surface area contributed by atoms with Crippen LogP contribution in [0.5, 0.6) is 0 Å². The molecule has 1 atom stereocenters. The summed E-state index contributed by atoms with van der Waals surface area (Å²) in [7, 11) is 0. The third-order valence-corrected chi connectivity index (χ3v) is 6.36. The van der Waals surface area contributed by atoms with Gasteiger partial charge in [-0.3, -0.25) is 15.1 Å². The van der Waals surface area contributed by atoms with E-state index < -0.39 is 22.8 Å². The second-order valence-corrected chi connectivity index (χ2v) is 9.07. The topological polar surface area (TPSA) is 132 Å². The number of benzene rings is 2. The van der Waals surface area contributed by atoms with Crippen LogP contribution < -0.4 is 5.32 Å². The molecule has 0 aliphatic carbocycles. The van der Waals surface area contributed by atoms with Crippen LogP contribution in [0.1, 0.15) is 42.0 Å². The first-order chi connectivity index (χ1) is 18.7. The Morgan fingerprint density at radius 3 is 2.46 bits per heavy atom. The summed E-state index contributed by atoms with van der Waals surface area (Å²) >= 11 is 0. The molecule has 0 bridgehead atoms. The second kappa shape index (κ2) is 12.0. The number of pyridine rings is 1. The molecule has 2 heterocycles. The zero-order chi connectivity index (χ0) is 27.9. The van der Waals surface area contributed by atoms with Crippen molar-refractivity contribution in [3.63, 3.8) is 0 Å². The number of carboxylic acids is 1. The number of nitro groups is 1. The Morgan fingerprint density at radius 2 is 1.79 bits per heavy atom. The number of nitrogens with one attached hydrogen (secondary N) is 1. The van der Waals surface area contributed by atoms with Gasteiger partial charge in [-0.15, -0.1) is 0 Å². The molecule has 9 heteroatoms. The molecule has 2 N–H and O–H groups in total. The van der Waals surface area contributed by atoms with Gasteiger partial charge >= 0.3 is 11.9 Å². The van der Waals surface area contributed by atoms with E-state index in [2.05, 4.69) is 10.3 Å². The van der Waals surface area contributed by atoms with Crippen molar-refractivity contribution in [2.75, 3.05) is 6.61 Å². The summed E-state index contributed by atoms with van der Waals surface area (Å²) in [5.74, 6) is -2.98. The number of esters is 1. The first kappa shape index (κ1) is 27.0. The lowest BCUT2D eigenvalue weighted by Gasteiger charge is -2.29. The Hall–Kier alpha value is -5.05. The largest absolute Gasteiger partial charge is 0.478 e. The highest BCUT2D eigenvalue weighted by Gasteiger charge is 2.37. The molecule has 1 aromatic heterocycles. The highest BCUT2D eigenvalue weighted by molar-refractivity contribution is 5.99. The fourth-order valence-electron chi connectivity index (χ4n) is 4.57. The molecule has 0 saturated heterocycles. The zero-order valence-corrected chi connectivity index (χ0v) is 21.5. The molecule has 0 radical (unpaired) electrons. The van der Waals surface area contributed by atoms with E-state index in [0.717, 1.165) is 23.1 Å². The van der Waals surface area contributed by atoms with E-state index >= 15 is 0 Å². The predicted molar refractivity (Wildman–Crippen MR) is 145 cm³/mol. The molecule has 198 valence electrons. The number of carbonyl (C=O) groups excluding carboxylic acids is 1. The average molecular weight is 526 g/mol. The molecule has 4 rings (SSSR count). The summed E-state index contributed by atoms with van der Waals surface area (Å²) in [6.07, 6.45) is 7.87. The van der Waals surface area contributed by atoms with Crippen LogP contribution in [0.2, 0.25) is 0 Å². The molecule has 2 aromatic carbocycles. The lowest BCUT2D eigenvalue weighted by atomic mass is 9.80. The Morgan fingerprint density at radius 1 is 1.05 bits per heavy atom. The number of nitrogens with zero attached hydrogens (tertiary/aromatic N) is 2. The van der Waals surface area contributed by atoms with E-state index in [1.165, 1.54) is 18.2 Å². The molecule has 9 nitrogen and oxygen atoms in total. The van der Waals surface area contributed by atoms with E-state index in [0.29, 0.717) is 17.0 Å². The van der Waals surface area contributed by atoms with Gasteiger partial charge in [0.05, 0.1) is 22.0 Å². The highest BCUT2D eigenvalue weighted by atomic mass is 16.6. The van der Waals surface area contributed by atoms with Gasteiger partial charge in [-0.1, -0.05) is 48.5 Å². The number of rotatable bonds is 9. The van der Waals surface area contributed by atoms with E-state index in [-0.39, 0.29) is 23.4 Å². The van der Waals surface area contributed by atoms with E-state index in [4.69, 9.17) is 4.74 Å². The number of non-ortho nitro benzene ring substituents is 1. The maximum atomic E-state index is 13.2. The van der Waals surface area contributed by atoms with Crippen molar-refractivity contribution >= 4 is 23.7 Å². The van der Waals surface area contributed by atoms with Crippen LogP contribution in [0, 0.1) is 10.1 Å². The molecule has 3 aromatic rings. The van der Waals surface area contributed by atoms with E-state index in [1.54, 1.807) is 32.2 Å². The number of ether oxygens (including phenoxy) is 1. The lowest BCUT2D eigenvalue weighted by Crippen LogP contribution is -2.31. The van der Waals surface area contributed by atoms with Gasteiger partial charge in [0.25, 0.3) is 5.69 Å². The Labute approximate surface area is 225 Å². The first-order valence-electron chi connectivity index (χ1n) is 12.2. The number of aromatic nitrogens is 1. The maximum absolute atomic E-state index is 13.2. The summed E-state index contributed by atoms with van der Waals surface area (Å²) in [5.41, 5.74) is 4.09. The van der Waals surface area contributed by atoms with Crippen LogP contribution in [0.4, 0.5) is 5.69 Å². The van der Waals surface area contributed by atoms with Crippen LogP contribution in [0.15, 0.2) is 102 Å². The van der Waals surface area contributed by atoms with Crippen LogP contribution in [-0.4, -0.2) is 33.6 Å². The summed E-state index contributed by atoms with van der Waals surface area (Å²) < 4.78 is 5.49. The number of carbonyl (C=O) groups is 2. The third kappa shape index (κ3) is 6.45. The number of carboxylic acid groups (broad SMARTS) is 1. The maximum Gasteiger partial charge on any atom is 0.337 e. The summed E-state index contributed by atoms with van der Waals surface area (Å²) in [5, 5.41) is 24.2. The monoisotopic (exact) mass is 525 g/mol. The molecular weight excluding hydrogens is 498 g/mol. The first-order valence-corrected chi connectivity index (χ1v) is 12.2. The Bertz CT molecular complexity index is 1490. The molecule has 1 aliphatic heterocycles. The number of allylic oxidation sites excluding steroid dienone is 2. The van der Waals surface area contributed by atoms with Gasteiger partial charge in [0.15, 0.2) is 0 Å². The van der Waals surface area contributed by atoms with Gasteiger partial charge in [0.1, 0.15) is 6.61 Å². The molecule has 0 fully saturated rings. The number of hydrogen-bond donors (Lipinski definition) is 2. The van der Waals surface area contributed by atoms with Gasteiger partial charge in [-0.2, -0.15) is 0 Å². The van der Waals surface area contributed by atoms with Gasteiger partial charge in [-0.05, 0) is 54.7 Å². The SMILES string of the molecule is CC1=C(C(=O)O)C(c2cccc([N+](=O)[O-])c2)C(C(=O)OCC=Cc2ccc(Cc3cccnc3)cc2)=C(C)N1. The van der Waals surface area contributed by atoms with Crippen molar-refractivity contribution in [2.45, 2.75) is 26.2 Å². The number of hydrogen-bond acceptors (Lipinski definition) is 7. The fourth-order valence-corrected chi connectivity index (χ4v) is 4.57. The standard InChI is InChI=1S/C30H27N3O6/c1-19-26(29(34)35)28(24-8-3-9-25(17-24)33(37)38)27(20(2)32-19)30(36)39-15-5-7-21-10-12-22(13-11-21)16-23-6-4-14-31-18-23/h3-14,17-18,28,32H,15-16H2,1-2H3,(H,34,35). The lowest BCUT2D eigenvalue weighted by molar-refractivity contribution is -0.384. The van der Waals surface area contributed by atoms with Crippen molar-refractivity contribution in [3.05, 3.63) is 134 Å². The molecule has 0 amide bonds. The van der Waals surface area contributed by atoms with Crippen LogP contribution in [0.25, 0.3) is 6.08 Å². The van der Waals surface area contributed by atoms with Crippen molar-refractivity contribution in [1.29, 1.82) is 0 Å². The number of nitro benzene ring substituents is 1. The molecule has 39 heavy (non-hydrogen) atoms. The van der Waals surface area contributed by atoms with Gasteiger partial charge in [-0.25, -0.2) is 9.59 Å². The normalized spacial score (nSPS) is 15.3. The van der Waals surface area contributed by atoms with Gasteiger partial charge < -0.3 is 15.2 Å². The molecule has 1 unspecified atom stereocenters. The Kier molecular flexibility index (Phi) is 8.30. The molecule has 0 spiro atoms.